The number of carbonyl (C=O) groups is 3. The molecule has 0 spiro atoms. The van der Waals surface area contributed by atoms with E-state index in [1.807, 2.05) is 19.1 Å². The van der Waals surface area contributed by atoms with Crippen LogP contribution in [0, 0.1) is 6.92 Å². The number of esters is 1. The highest BCUT2D eigenvalue weighted by molar-refractivity contribution is 5.96. The van der Waals surface area contributed by atoms with E-state index in [0.29, 0.717) is 17.7 Å². The van der Waals surface area contributed by atoms with Gasteiger partial charge in [0.1, 0.15) is 0 Å². The van der Waals surface area contributed by atoms with E-state index >= 15 is 0 Å². The average molecular weight is 354 g/mol. The molecule has 2 aromatic carbocycles. The van der Waals surface area contributed by atoms with Crippen LogP contribution in [0.3, 0.4) is 0 Å². The molecule has 0 heterocycles. The van der Waals surface area contributed by atoms with E-state index in [9.17, 15) is 14.4 Å². The molecule has 26 heavy (non-hydrogen) atoms. The summed E-state index contributed by atoms with van der Waals surface area (Å²) in [5.74, 6) is -0.892. The van der Waals surface area contributed by atoms with Crippen molar-refractivity contribution >= 4 is 17.8 Å². The summed E-state index contributed by atoms with van der Waals surface area (Å²) >= 11 is 0. The molecule has 0 fully saturated rings. The van der Waals surface area contributed by atoms with Crippen molar-refractivity contribution in [2.75, 3.05) is 20.7 Å². The van der Waals surface area contributed by atoms with Gasteiger partial charge in [-0.2, -0.15) is 0 Å². The van der Waals surface area contributed by atoms with Crippen LogP contribution in [0.15, 0.2) is 48.5 Å². The van der Waals surface area contributed by atoms with E-state index in [4.69, 9.17) is 0 Å². The molecule has 136 valence electrons. The number of benzene rings is 2. The third kappa shape index (κ3) is 5.17. The van der Waals surface area contributed by atoms with Gasteiger partial charge in [0.2, 0.25) is 5.91 Å². The van der Waals surface area contributed by atoms with Crippen LogP contribution in [0.25, 0.3) is 0 Å². The van der Waals surface area contributed by atoms with Crippen molar-refractivity contribution in [2.24, 2.45) is 0 Å². The second kappa shape index (κ2) is 8.80. The van der Waals surface area contributed by atoms with Gasteiger partial charge in [0.05, 0.1) is 19.2 Å². The number of carbonyl (C=O) groups excluding carboxylic acids is 3. The van der Waals surface area contributed by atoms with Gasteiger partial charge in [0.25, 0.3) is 5.91 Å². The first-order chi connectivity index (χ1) is 12.4. The average Bonchev–Trinajstić information content (AvgIpc) is 2.66. The highest BCUT2D eigenvalue weighted by Crippen LogP contribution is 2.08. The van der Waals surface area contributed by atoms with Crippen molar-refractivity contribution in [1.82, 2.24) is 10.2 Å². The zero-order valence-electron chi connectivity index (χ0n) is 15.1. The number of hydrogen-bond acceptors (Lipinski definition) is 4. The van der Waals surface area contributed by atoms with Gasteiger partial charge in [-0.05, 0) is 36.8 Å². The molecule has 0 aliphatic rings. The number of rotatable bonds is 6. The monoisotopic (exact) mass is 354 g/mol. The molecule has 6 heteroatoms. The summed E-state index contributed by atoms with van der Waals surface area (Å²) in [4.78, 5) is 37.2. The van der Waals surface area contributed by atoms with Crippen LogP contribution < -0.4 is 5.32 Å². The van der Waals surface area contributed by atoms with E-state index in [1.165, 1.54) is 12.0 Å². The highest BCUT2D eigenvalue weighted by atomic mass is 16.5. The van der Waals surface area contributed by atoms with Crippen LogP contribution in [0.2, 0.25) is 0 Å². The number of ether oxygens (including phenoxy) is 1. The first-order valence-electron chi connectivity index (χ1n) is 8.17. The molecule has 6 nitrogen and oxygen atoms in total. The fraction of sp³-hybridized carbons (Fsp3) is 0.250. The SMILES string of the molecule is COC(=O)c1ccc(CN(C)C(=O)CNC(=O)c2ccc(C)cc2)cc1. The molecule has 0 bridgehead atoms. The Hall–Kier alpha value is -3.15. The minimum Gasteiger partial charge on any atom is -0.465 e. The number of methoxy groups -OCH3 is 1. The lowest BCUT2D eigenvalue weighted by molar-refractivity contribution is -0.129. The molecule has 0 aliphatic heterocycles. The molecule has 0 aliphatic carbocycles. The van der Waals surface area contributed by atoms with Crippen LogP contribution in [0.1, 0.15) is 31.8 Å². The second-order valence-electron chi connectivity index (χ2n) is 5.99. The Morgan fingerprint density at radius 1 is 0.962 bits per heavy atom. The van der Waals surface area contributed by atoms with Crippen molar-refractivity contribution in [3.8, 4) is 0 Å². The van der Waals surface area contributed by atoms with Crippen LogP contribution in [-0.2, 0) is 16.1 Å². The molecular weight excluding hydrogens is 332 g/mol. The maximum atomic E-state index is 12.2. The molecule has 1 N–H and O–H groups in total. The standard InChI is InChI=1S/C20H22N2O4/c1-14-4-8-16(9-5-14)19(24)21-12-18(23)22(2)13-15-6-10-17(11-7-15)20(25)26-3/h4-11H,12-13H2,1-3H3,(H,21,24). The minimum absolute atomic E-state index is 0.0799. The van der Waals surface area contributed by atoms with Crippen LogP contribution in [0.5, 0.6) is 0 Å². The van der Waals surface area contributed by atoms with Crippen LogP contribution in [-0.4, -0.2) is 43.4 Å². The summed E-state index contributed by atoms with van der Waals surface area (Å²) in [6.45, 7) is 2.24. The normalized spacial score (nSPS) is 10.1. The Morgan fingerprint density at radius 3 is 2.12 bits per heavy atom. The third-order valence-corrected chi connectivity index (χ3v) is 3.93. The second-order valence-corrected chi connectivity index (χ2v) is 5.99. The molecule has 0 saturated heterocycles. The van der Waals surface area contributed by atoms with Gasteiger partial charge in [0, 0.05) is 19.2 Å². The molecular formula is C20H22N2O4. The number of nitrogens with one attached hydrogen (secondary N) is 1. The van der Waals surface area contributed by atoms with Gasteiger partial charge in [-0.3, -0.25) is 9.59 Å². The number of nitrogens with zero attached hydrogens (tertiary/aromatic N) is 1. The number of amides is 2. The lowest BCUT2D eigenvalue weighted by Gasteiger charge is -2.18. The maximum absolute atomic E-state index is 12.2. The summed E-state index contributed by atoms with van der Waals surface area (Å²) < 4.78 is 4.65. The van der Waals surface area contributed by atoms with Gasteiger partial charge < -0.3 is 15.0 Å². The molecule has 0 aromatic heterocycles. The largest absolute Gasteiger partial charge is 0.465 e. The zero-order valence-corrected chi connectivity index (χ0v) is 15.1. The van der Waals surface area contributed by atoms with Crippen molar-refractivity contribution in [2.45, 2.75) is 13.5 Å². The summed E-state index contributed by atoms with van der Waals surface area (Å²) in [5.41, 5.74) is 2.91. The zero-order chi connectivity index (χ0) is 19.1. The van der Waals surface area contributed by atoms with Gasteiger partial charge in [0.15, 0.2) is 0 Å². The topological polar surface area (TPSA) is 75.7 Å². The van der Waals surface area contributed by atoms with Gasteiger partial charge >= 0.3 is 5.97 Å². The number of hydrogen-bond donors (Lipinski definition) is 1. The van der Waals surface area contributed by atoms with Crippen molar-refractivity contribution in [3.63, 3.8) is 0 Å². The van der Waals surface area contributed by atoms with E-state index in [0.717, 1.165) is 11.1 Å². The Balaban J connectivity index is 1.86. The van der Waals surface area contributed by atoms with E-state index < -0.39 is 5.97 Å². The van der Waals surface area contributed by atoms with E-state index in [1.54, 1.807) is 43.4 Å². The maximum Gasteiger partial charge on any atom is 0.337 e. The fourth-order valence-corrected chi connectivity index (χ4v) is 2.32. The Labute approximate surface area is 152 Å². The lowest BCUT2D eigenvalue weighted by atomic mass is 10.1. The van der Waals surface area contributed by atoms with Gasteiger partial charge in [-0.25, -0.2) is 4.79 Å². The summed E-state index contributed by atoms with van der Waals surface area (Å²) in [6, 6.07) is 14.0. The fourth-order valence-electron chi connectivity index (χ4n) is 2.32. The number of aryl methyl sites for hydroxylation is 1. The molecule has 0 radical (unpaired) electrons. The molecule has 0 unspecified atom stereocenters. The predicted octanol–water partition coefficient (Wildman–Crippen LogP) is 2.17. The van der Waals surface area contributed by atoms with Crippen LogP contribution in [0.4, 0.5) is 0 Å². The van der Waals surface area contributed by atoms with Crippen molar-refractivity contribution < 1.29 is 19.1 Å². The van der Waals surface area contributed by atoms with Gasteiger partial charge in [-0.15, -0.1) is 0 Å². The minimum atomic E-state index is -0.403. The predicted molar refractivity (Wildman–Crippen MR) is 97.8 cm³/mol. The quantitative estimate of drug-likeness (QED) is 0.807. The first kappa shape index (κ1) is 19.2. The molecule has 2 aromatic rings. The van der Waals surface area contributed by atoms with Crippen molar-refractivity contribution in [3.05, 3.63) is 70.8 Å². The van der Waals surface area contributed by atoms with E-state index in [2.05, 4.69) is 10.1 Å². The highest BCUT2D eigenvalue weighted by Gasteiger charge is 2.12. The van der Waals surface area contributed by atoms with E-state index in [-0.39, 0.29) is 18.4 Å². The Bertz CT molecular complexity index is 782. The Kier molecular flexibility index (Phi) is 6.49. The van der Waals surface area contributed by atoms with Crippen molar-refractivity contribution in [1.29, 1.82) is 0 Å². The molecule has 2 rings (SSSR count). The summed E-state index contributed by atoms with van der Waals surface area (Å²) in [7, 11) is 2.99. The first-order valence-corrected chi connectivity index (χ1v) is 8.17. The Morgan fingerprint density at radius 2 is 1.54 bits per heavy atom. The molecule has 2 amide bonds. The third-order valence-electron chi connectivity index (χ3n) is 3.93. The lowest BCUT2D eigenvalue weighted by Crippen LogP contribution is -2.37. The summed E-state index contributed by atoms with van der Waals surface area (Å²) in [5, 5.41) is 2.63. The molecule has 0 atom stereocenters. The summed E-state index contributed by atoms with van der Waals surface area (Å²) in [6.07, 6.45) is 0. The van der Waals surface area contributed by atoms with Crippen LogP contribution >= 0.6 is 0 Å². The number of likely N-dealkylation sites (N-methyl/N-ethyl adjacent to an activating group) is 1. The molecule has 0 saturated carbocycles. The smallest absolute Gasteiger partial charge is 0.337 e. The van der Waals surface area contributed by atoms with Gasteiger partial charge in [-0.1, -0.05) is 29.8 Å².